The van der Waals surface area contributed by atoms with Gasteiger partial charge in [-0.1, -0.05) is 18.6 Å². The summed E-state index contributed by atoms with van der Waals surface area (Å²) in [5.74, 6) is -1.18. The smallest absolute Gasteiger partial charge is 0.306 e. The number of amides is 1. The summed E-state index contributed by atoms with van der Waals surface area (Å²) in [5, 5.41) is 9.74. The molecule has 1 heterocycles. The number of aliphatic carboxylic acids is 1. The van der Waals surface area contributed by atoms with Gasteiger partial charge in [-0.05, 0) is 38.3 Å². The van der Waals surface area contributed by atoms with Crippen molar-refractivity contribution in [1.29, 1.82) is 0 Å². The maximum Gasteiger partial charge on any atom is 0.306 e. The number of H-pyrrole nitrogens is 1. The second-order valence-corrected chi connectivity index (χ2v) is 6.78. The Hall–Kier alpha value is -2.70. The minimum absolute atomic E-state index is 0.0609. The van der Waals surface area contributed by atoms with E-state index in [1.54, 1.807) is 23.1 Å². The van der Waals surface area contributed by atoms with Crippen LogP contribution in [0.3, 0.4) is 0 Å². The van der Waals surface area contributed by atoms with E-state index in [-0.39, 0.29) is 23.9 Å². The van der Waals surface area contributed by atoms with Crippen LogP contribution in [-0.4, -0.2) is 38.4 Å². The molecule has 0 spiro atoms. The Balaban J connectivity index is 1.78. The minimum Gasteiger partial charge on any atom is -0.481 e. The highest BCUT2D eigenvalue weighted by Gasteiger charge is 2.33. The highest BCUT2D eigenvalue weighted by Crippen LogP contribution is 2.30. The Morgan fingerprint density at radius 1 is 1.27 bits per heavy atom. The van der Waals surface area contributed by atoms with Gasteiger partial charge in [-0.15, -0.1) is 0 Å². The number of hydrogen-bond donors (Lipinski definition) is 2. The highest BCUT2D eigenvalue weighted by molar-refractivity contribution is 5.80. The number of nitrogens with zero attached hydrogens (tertiary/aromatic N) is 2. The van der Waals surface area contributed by atoms with Gasteiger partial charge < -0.3 is 15.0 Å². The lowest BCUT2D eigenvalue weighted by Gasteiger charge is -2.30. The second-order valence-electron chi connectivity index (χ2n) is 6.78. The standard InChI is InChI=1S/C19H23N3O4/c1-2-22(18(24)12-6-5-7-13(10-12)19(25)26)11-16-20-15-9-4-3-8-14(15)17(23)21-16/h3-4,8-9,12-13H,2,5-7,10-11H2,1H3,(H,25,26)(H,20,21,23). The molecule has 0 bridgehead atoms. The molecule has 2 N–H and O–H groups in total. The molecule has 7 nitrogen and oxygen atoms in total. The summed E-state index contributed by atoms with van der Waals surface area (Å²) in [6.07, 6.45) is 2.47. The number of carbonyl (C=O) groups is 2. The van der Waals surface area contributed by atoms with E-state index in [1.807, 2.05) is 13.0 Å². The van der Waals surface area contributed by atoms with Crippen molar-refractivity contribution in [3.05, 3.63) is 40.4 Å². The number of fused-ring (bicyclic) bond motifs is 1. The van der Waals surface area contributed by atoms with Crippen LogP contribution in [0.15, 0.2) is 29.1 Å². The van der Waals surface area contributed by atoms with Gasteiger partial charge in [0, 0.05) is 12.5 Å². The van der Waals surface area contributed by atoms with E-state index < -0.39 is 11.9 Å². The van der Waals surface area contributed by atoms with Gasteiger partial charge in [0.2, 0.25) is 5.91 Å². The summed E-state index contributed by atoms with van der Waals surface area (Å²) in [4.78, 5) is 45.1. The third-order valence-electron chi connectivity index (χ3n) is 5.07. The Morgan fingerprint density at radius 3 is 2.73 bits per heavy atom. The normalized spacial score (nSPS) is 20.0. The molecule has 138 valence electrons. The number of benzene rings is 1. The molecule has 1 aromatic heterocycles. The molecule has 1 aliphatic carbocycles. The van der Waals surface area contributed by atoms with Crippen molar-refractivity contribution in [2.75, 3.05) is 6.54 Å². The molecule has 2 atom stereocenters. The van der Waals surface area contributed by atoms with Crippen LogP contribution in [0.2, 0.25) is 0 Å². The number of carboxylic acid groups (broad SMARTS) is 1. The second kappa shape index (κ2) is 7.68. The maximum absolute atomic E-state index is 12.9. The molecular weight excluding hydrogens is 334 g/mol. The van der Waals surface area contributed by atoms with E-state index in [4.69, 9.17) is 0 Å². The lowest BCUT2D eigenvalue weighted by atomic mass is 9.80. The van der Waals surface area contributed by atoms with Crippen LogP contribution in [0.1, 0.15) is 38.4 Å². The van der Waals surface area contributed by atoms with Crippen LogP contribution < -0.4 is 5.56 Å². The van der Waals surface area contributed by atoms with Gasteiger partial charge in [-0.25, -0.2) is 4.98 Å². The molecule has 0 aliphatic heterocycles. The summed E-state index contributed by atoms with van der Waals surface area (Å²) in [6, 6.07) is 7.07. The number of aromatic nitrogens is 2. The number of nitrogens with one attached hydrogen (secondary N) is 1. The molecule has 0 radical (unpaired) electrons. The van der Waals surface area contributed by atoms with Gasteiger partial charge in [0.25, 0.3) is 5.56 Å². The van der Waals surface area contributed by atoms with Gasteiger partial charge in [-0.3, -0.25) is 14.4 Å². The van der Waals surface area contributed by atoms with Gasteiger partial charge >= 0.3 is 5.97 Å². The van der Waals surface area contributed by atoms with Crippen LogP contribution in [0.25, 0.3) is 10.9 Å². The molecule has 1 aromatic carbocycles. The number of rotatable bonds is 5. The number of aromatic amines is 1. The minimum atomic E-state index is -0.828. The highest BCUT2D eigenvalue weighted by atomic mass is 16.4. The lowest BCUT2D eigenvalue weighted by Crippen LogP contribution is -2.39. The molecule has 26 heavy (non-hydrogen) atoms. The molecule has 1 saturated carbocycles. The topological polar surface area (TPSA) is 103 Å². The first-order valence-electron chi connectivity index (χ1n) is 8.99. The predicted octanol–water partition coefficient (Wildman–Crippen LogP) is 2.16. The number of hydrogen-bond acceptors (Lipinski definition) is 4. The summed E-state index contributed by atoms with van der Waals surface area (Å²) in [7, 11) is 0. The van der Waals surface area contributed by atoms with Crippen LogP contribution in [0.5, 0.6) is 0 Å². The first-order chi connectivity index (χ1) is 12.5. The van der Waals surface area contributed by atoms with Crippen molar-refractivity contribution < 1.29 is 14.7 Å². The van der Waals surface area contributed by atoms with Crippen molar-refractivity contribution in [2.45, 2.75) is 39.2 Å². The summed E-state index contributed by atoms with van der Waals surface area (Å²) in [6.45, 7) is 2.56. The molecule has 7 heteroatoms. The molecular formula is C19H23N3O4. The quantitative estimate of drug-likeness (QED) is 0.853. The van der Waals surface area contributed by atoms with Gasteiger partial charge in [-0.2, -0.15) is 0 Å². The summed E-state index contributed by atoms with van der Waals surface area (Å²) >= 11 is 0. The molecule has 1 aliphatic rings. The first-order valence-corrected chi connectivity index (χ1v) is 8.99. The Kier molecular flexibility index (Phi) is 5.35. The summed E-state index contributed by atoms with van der Waals surface area (Å²) < 4.78 is 0. The zero-order valence-corrected chi connectivity index (χ0v) is 14.8. The van der Waals surface area contributed by atoms with Crippen molar-refractivity contribution in [2.24, 2.45) is 11.8 Å². The molecule has 1 amide bonds. The zero-order chi connectivity index (χ0) is 18.7. The van der Waals surface area contributed by atoms with E-state index in [0.717, 1.165) is 6.42 Å². The van der Waals surface area contributed by atoms with E-state index in [2.05, 4.69) is 9.97 Å². The van der Waals surface area contributed by atoms with Crippen LogP contribution >= 0.6 is 0 Å². The average Bonchev–Trinajstić information content (AvgIpc) is 2.65. The third kappa shape index (κ3) is 3.76. The van der Waals surface area contributed by atoms with E-state index in [0.29, 0.717) is 42.5 Å². The van der Waals surface area contributed by atoms with Crippen molar-refractivity contribution in [3.8, 4) is 0 Å². The zero-order valence-electron chi connectivity index (χ0n) is 14.8. The molecule has 0 saturated heterocycles. The SMILES string of the molecule is CCN(Cc1nc2ccccc2c(=O)[nH]1)C(=O)C1CCCC(C(=O)O)C1. The van der Waals surface area contributed by atoms with Gasteiger partial charge in [0.05, 0.1) is 23.4 Å². The number of para-hydroxylation sites is 1. The van der Waals surface area contributed by atoms with Crippen molar-refractivity contribution in [1.82, 2.24) is 14.9 Å². The van der Waals surface area contributed by atoms with Crippen molar-refractivity contribution >= 4 is 22.8 Å². The van der Waals surface area contributed by atoms with E-state index in [1.165, 1.54) is 0 Å². The Bertz CT molecular complexity index is 876. The fourth-order valence-corrected chi connectivity index (χ4v) is 3.63. The van der Waals surface area contributed by atoms with E-state index in [9.17, 15) is 19.5 Å². The van der Waals surface area contributed by atoms with E-state index >= 15 is 0 Å². The molecule has 2 unspecified atom stereocenters. The fraction of sp³-hybridized carbons (Fsp3) is 0.474. The number of carboxylic acids is 1. The Morgan fingerprint density at radius 2 is 2.00 bits per heavy atom. The molecule has 3 rings (SSSR count). The summed E-state index contributed by atoms with van der Waals surface area (Å²) in [5.41, 5.74) is 0.371. The number of carbonyl (C=O) groups excluding carboxylic acids is 1. The third-order valence-corrected chi connectivity index (χ3v) is 5.07. The first kappa shape index (κ1) is 18.1. The van der Waals surface area contributed by atoms with Gasteiger partial charge in [0.1, 0.15) is 5.82 Å². The fourth-order valence-electron chi connectivity index (χ4n) is 3.63. The van der Waals surface area contributed by atoms with Crippen LogP contribution in [-0.2, 0) is 16.1 Å². The molecule has 1 fully saturated rings. The largest absolute Gasteiger partial charge is 0.481 e. The Labute approximate surface area is 151 Å². The predicted molar refractivity (Wildman–Crippen MR) is 96.5 cm³/mol. The monoisotopic (exact) mass is 357 g/mol. The van der Waals surface area contributed by atoms with Crippen molar-refractivity contribution in [3.63, 3.8) is 0 Å². The molecule has 2 aromatic rings. The van der Waals surface area contributed by atoms with Crippen LogP contribution in [0, 0.1) is 11.8 Å². The van der Waals surface area contributed by atoms with Gasteiger partial charge in [0.15, 0.2) is 0 Å². The lowest BCUT2D eigenvalue weighted by molar-refractivity contribution is -0.145. The average molecular weight is 357 g/mol. The van der Waals surface area contributed by atoms with Crippen LogP contribution in [0.4, 0.5) is 0 Å². The maximum atomic E-state index is 12.9.